The second kappa shape index (κ2) is 7.89. The molecule has 0 heterocycles. The third kappa shape index (κ3) is 5.07. The lowest BCUT2D eigenvalue weighted by atomic mass is 10.2. The summed E-state index contributed by atoms with van der Waals surface area (Å²) in [6, 6.07) is 6.84. The molecule has 0 bridgehead atoms. The molecule has 6 heteroatoms. The van der Waals surface area contributed by atoms with Gasteiger partial charge in [0, 0.05) is 6.54 Å². The normalized spacial score (nSPS) is 16.4. The molecule has 0 spiro atoms. The van der Waals surface area contributed by atoms with Crippen LogP contribution in [0.1, 0.15) is 31.2 Å². The Hall–Kier alpha value is -0.950. The monoisotopic (exact) mass is 312 g/mol. The maximum absolute atomic E-state index is 12.1. The maximum atomic E-state index is 12.1. The summed E-state index contributed by atoms with van der Waals surface area (Å²) in [7, 11) is -3.45. The van der Waals surface area contributed by atoms with Crippen LogP contribution in [0.5, 0.6) is 0 Å². The number of nitrogens with two attached hydrogens (primary N) is 1. The van der Waals surface area contributed by atoms with E-state index in [1.165, 1.54) is 12.8 Å². The van der Waals surface area contributed by atoms with Crippen LogP contribution in [0.3, 0.4) is 0 Å². The van der Waals surface area contributed by atoms with E-state index in [1.54, 1.807) is 24.3 Å². The van der Waals surface area contributed by atoms with Crippen molar-refractivity contribution in [2.75, 3.05) is 19.7 Å². The molecular weight excluding hydrogens is 288 g/mol. The van der Waals surface area contributed by atoms with Gasteiger partial charge in [-0.3, -0.25) is 0 Å². The number of hydrogen-bond donors (Lipinski definition) is 2. The van der Waals surface area contributed by atoms with Gasteiger partial charge < -0.3 is 10.5 Å². The molecule has 2 rings (SSSR count). The molecular formula is C15H24N2O3S. The van der Waals surface area contributed by atoms with E-state index in [-0.39, 0.29) is 4.90 Å². The third-order valence-electron chi connectivity index (χ3n) is 3.72. The van der Waals surface area contributed by atoms with Crippen molar-refractivity contribution in [1.29, 1.82) is 0 Å². The predicted octanol–water partition coefficient (Wildman–Crippen LogP) is 1.43. The number of ether oxygens (including phenoxy) is 1. The molecule has 0 amide bonds. The fourth-order valence-electron chi connectivity index (χ4n) is 2.54. The molecule has 1 aromatic carbocycles. The molecule has 0 aromatic heterocycles. The van der Waals surface area contributed by atoms with Gasteiger partial charge in [-0.15, -0.1) is 0 Å². The Morgan fingerprint density at radius 2 is 1.86 bits per heavy atom. The lowest BCUT2D eigenvalue weighted by Crippen LogP contribution is -2.28. The van der Waals surface area contributed by atoms with Gasteiger partial charge in [0.25, 0.3) is 0 Å². The molecule has 1 aliphatic carbocycles. The summed E-state index contributed by atoms with van der Waals surface area (Å²) in [6.45, 7) is 1.29. The fourth-order valence-corrected chi connectivity index (χ4v) is 3.56. The molecule has 1 aromatic rings. The van der Waals surface area contributed by atoms with Crippen molar-refractivity contribution in [1.82, 2.24) is 4.72 Å². The first-order valence-corrected chi connectivity index (χ1v) is 9.00. The van der Waals surface area contributed by atoms with E-state index in [1.807, 2.05) is 0 Å². The van der Waals surface area contributed by atoms with Gasteiger partial charge in [-0.05, 0) is 43.5 Å². The van der Waals surface area contributed by atoms with E-state index in [9.17, 15) is 8.42 Å². The highest BCUT2D eigenvalue weighted by molar-refractivity contribution is 7.89. The zero-order valence-electron chi connectivity index (χ0n) is 12.3. The first kappa shape index (κ1) is 16.4. The van der Waals surface area contributed by atoms with Gasteiger partial charge in [0.15, 0.2) is 0 Å². The summed E-state index contributed by atoms with van der Waals surface area (Å²) in [6.07, 6.45) is 5.68. The highest BCUT2D eigenvalue weighted by atomic mass is 32.2. The van der Waals surface area contributed by atoms with Gasteiger partial charge in [-0.25, -0.2) is 13.1 Å². The van der Waals surface area contributed by atoms with E-state index < -0.39 is 10.0 Å². The molecule has 1 fully saturated rings. The van der Waals surface area contributed by atoms with E-state index in [0.29, 0.717) is 25.8 Å². The zero-order valence-corrected chi connectivity index (χ0v) is 13.1. The fraction of sp³-hybridized carbons (Fsp3) is 0.600. The van der Waals surface area contributed by atoms with Gasteiger partial charge in [0.05, 0.1) is 17.6 Å². The highest BCUT2D eigenvalue weighted by Gasteiger charge is 2.16. The van der Waals surface area contributed by atoms with Crippen molar-refractivity contribution >= 4 is 10.0 Å². The second-order valence-electron chi connectivity index (χ2n) is 5.36. The molecule has 0 radical (unpaired) electrons. The number of nitrogens with one attached hydrogen (secondary N) is 1. The molecule has 0 aliphatic heterocycles. The average molecular weight is 312 g/mol. The van der Waals surface area contributed by atoms with Gasteiger partial charge in [-0.1, -0.05) is 25.0 Å². The molecule has 0 atom stereocenters. The van der Waals surface area contributed by atoms with Crippen LogP contribution >= 0.6 is 0 Å². The number of benzene rings is 1. The van der Waals surface area contributed by atoms with E-state index >= 15 is 0 Å². The van der Waals surface area contributed by atoms with Crippen LogP contribution in [0.4, 0.5) is 0 Å². The van der Waals surface area contributed by atoms with Crippen molar-refractivity contribution in [2.24, 2.45) is 5.73 Å². The minimum Gasteiger partial charge on any atom is -0.377 e. The van der Waals surface area contributed by atoms with E-state index in [4.69, 9.17) is 10.5 Å². The summed E-state index contributed by atoms with van der Waals surface area (Å²) in [5.41, 5.74) is 6.52. The first-order chi connectivity index (χ1) is 10.1. The minimum atomic E-state index is -3.45. The van der Waals surface area contributed by atoms with Crippen LogP contribution in [-0.2, 0) is 21.2 Å². The van der Waals surface area contributed by atoms with Gasteiger partial charge >= 0.3 is 0 Å². The van der Waals surface area contributed by atoms with Crippen molar-refractivity contribution < 1.29 is 13.2 Å². The van der Waals surface area contributed by atoms with Gasteiger partial charge in [-0.2, -0.15) is 0 Å². The Morgan fingerprint density at radius 3 is 2.48 bits per heavy atom. The van der Waals surface area contributed by atoms with Crippen LogP contribution in [0, 0.1) is 0 Å². The van der Waals surface area contributed by atoms with Crippen molar-refractivity contribution in [3.63, 3.8) is 0 Å². The standard InChI is InChI=1S/C15H24N2O3S/c16-10-9-13-5-7-15(8-6-13)21(18,19)17-11-12-20-14-3-1-2-4-14/h5-8,14,17H,1-4,9-12,16H2. The lowest BCUT2D eigenvalue weighted by molar-refractivity contribution is 0.0626. The molecule has 21 heavy (non-hydrogen) atoms. The Balaban J connectivity index is 1.80. The van der Waals surface area contributed by atoms with E-state index in [2.05, 4.69) is 4.72 Å². The number of hydrogen-bond acceptors (Lipinski definition) is 4. The minimum absolute atomic E-state index is 0.282. The van der Waals surface area contributed by atoms with Gasteiger partial charge in [0.2, 0.25) is 10.0 Å². The van der Waals surface area contributed by atoms with Crippen molar-refractivity contribution in [2.45, 2.75) is 43.1 Å². The van der Waals surface area contributed by atoms with Crippen LogP contribution in [0.25, 0.3) is 0 Å². The molecule has 1 saturated carbocycles. The van der Waals surface area contributed by atoms with Crippen LogP contribution in [0.15, 0.2) is 29.2 Å². The van der Waals surface area contributed by atoms with Crippen LogP contribution in [0.2, 0.25) is 0 Å². The largest absolute Gasteiger partial charge is 0.377 e. The molecule has 0 saturated heterocycles. The van der Waals surface area contributed by atoms with Crippen LogP contribution < -0.4 is 10.5 Å². The molecule has 3 N–H and O–H groups in total. The van der Waals surface area contributed by atoms with Crippen LogP contribution in [-0.4, -0.2) is 34.2 Å². The quantitative estimate of drug-likeness (QED) is 0.711. The SMILES string of the molecule is NCCc1ccc(S(=O)(=O)NCCOC2CCCC2)cc1. The summed E-state index contributed by atoms with van der Waals surface area (Å²) in [4.78, 5) is 0.282. The number of sulfonamides is 1. The predicted molar refractivity (Wildman–Crippen MR) is 82.6 cm³/mol. The van der Waals surface area contributed by atoms with Crippen molar-refractivity contribution in [3.05, 3.63) is 29.8 Å². The zero-order chi connectivity index (χ0) is 15.1. The van der Waals surface area contributed by atoms with Crippen molar-refractivity contribution in [3.8, 4) is 0 Å². The third-order valence-corrected chi connectivity index (χ3v) is 5.19. The molecule has 0 unspecified atom stereocenters. The lowest BCUT2D eigenvalue weighted by Gasteiger charge is -2.12. The van der Waals surface area contributed by atoms with Gasteiger partial charge in [0.1, 0.15) is 0 Å². The smallest absolute Gasteiger partial charge is 0.240 e. The average Bonchev–Trinajstić information content (AvgIpc) is 2.98. The Kier molecular flexibility index (Phi) is 6.17. The highest BCUT2D eigenvalue weighted by Crippen LogP contribution is 2.20. The maximum Gasteiger partial charge on any atom is 0.240 e. The first-order valence-electron chi connectivity index (χ1n) is 7.52. The summed E-state index contributed by atoms with van der Waals surface area (Å²) >= 11 is 0. The Bertz CT molecular complexity index is 522. The summed E-state index contributed by atoms with van der Waals surface area (Å²) in [5, 5.41) is 0. The summed E-state index contributed by atoms with van der Waals surface area (Å²) < 4.78 is 32.4. The topological polar surface area (TPSA) is 81.4 Å². The Morgan fingerprint density at radius 1 is 1.19 bits per heavy atom. The molecule has 118 valence electrons. The van der Waals surface area contributed by atoms with E-state index in [0.717, 1.165) is 24.8 Å². The number of rotatable bonds is 8. The second-order valence-corrected chi connectivity index (χ2v) is 7.12. The summed E-state index contributed by atoms with van der Waals surface area (Å²) in [5.74, 6) is 0. The Labute approximate surface area is 126 Å². The molecule has 5 nitrogen and oxygen atoms in total. The molecule has 1 aliphatic rings.